The van der Waals surface area contributed by atoms with E-state index in [4.69, 9.17) is 5.10 Å². The summed E-state index contributed by atoms with van der Waals surface area (Å²) in [5.74, 6) is 0.780. The quantitative estimate of drug-likeness (QED) is 0.434. The molecule has 37 heavy (non-hydrogen) atoms. The number of hydrogen-bond acceptors (Lipinski definition) is 5. The van der Waals surface area contributed by atoms with E-state index in [9.17, 15) is 14.7 Å². The SMILES string of the molecule is Cc1ccc2c(C(=O)CCc3c(C)cc(C)[nH]c3=O)c(C)c(C(C)C3CCN(CC(C)(C)O)CC3)n2n1. The average Bonchev–Trinajstić information content (AvgIpc) is 3.08. The van der Waals surface area contributed by atoms with Gasteiger partial charge in [-0.1, -0.05) is 6.92 Å². The number of rotatable bonds is 8. The number of piperidine rings is 1. The molecule has 0 amide bonds. The van der Waals surface area contributed by atoms with Gasteiger partial charge in [-0.2, -0.15) is 5.10 Å². The minimum Gasteiger partial charge on any atom is -0.389 e. The van der Waals surface area contributed by atoms with Gasteiger partial charge in [0.05, 0.1) is 16.8 Å². The number of nitrogens with one attached hydrogen (secondary N) is 1. The number of hydrogen-bond donors (Lipinski definition) is 2. The first-order valence-electron chi connectivity index (χ1n) is 13.5. The van der Waals surface area contributed by atoms with Crippen LogP contribution in [0.5, 0.6) is 0 Å². The number of H-pyrrole nitrogens is 1. The maximum Gasteiger partial charge on any atom is 0.251 e. The Bertz CT molecular complexity index is 1350. The maximum atomic E-state index is 13.6. The van der Waals surface area contributed by atoms with E-state index in [1.54, 1.807) is 0 Å². The lowest BCUT2D eigenvalue weighted by molar-refractivity contribution is 0.0229. The van der Waals surface area contributed by atoms with Crippen molar-refractivity contribution in [1.82, 2.24) is 19.5 Å². The number of pyridine rings is 1. The molecular formula is C30H42N4O3. The van der Waals surface area contributed by atoms with Crippen LogP contribution in [0.25, 0.3) is 5.52 Å². The van der Waals surface area contributed by atoms with E-state index >= 15 is 0 Å². The van der Waals surface area contributed by atoms with E-state index < -0.39 is 5.60 Å². The zero-order valence-corrected chi connectivity index (χ0v) is 23.4. The van der Waals surface area contributed by atoms with Gasteiger partial charge in [0, 0.05) is 41.4 Å². The second kappa shape index (κ2) is 10.5. The minimum absolute atomic E-state index is 0.0541. The predicted octanol–water partition coefficient (Wildman–Crippen LogP) is 4.66. The van der Waals surface area contributed by atoms with Crippen molar-refractivity contribution in [2.24, 2.45) is 5.92 Å². The Labute approximate surface area is 219 Å². The number of ketones is 1. The smallest absolute Gasteiger partial charge is 0.251 e. The second-order valence-electron chi connectivity index (χ2n) is 11.7. The van der Waals surface area contributed by atoms with Crippen LogP contribution in [0.1, 0.15) is 90.1 Å². The van der Waals surface area contributed by atoms with Gasteiger partial charge in [0.25, 0.3) is 5.56 Å². The normalized spacial score (nSPS) is 16.4. The molecule has 2 N–H and O–H groups in total. The first-order chi connectivity index (χ1) is 17.4. The molecule has 0 bridgehead atoms. The fraction of sp³-hybridized carbons (Fsp3) is 0.567. The summed E-state index contributed by atoms with van der Waals surface area (Å²) in [4.78, 5) is 31.3. The lowest BCUT2D eigenvalue weighted by Gasteiger charge is -2.37. The Hall–Kier alpha value is -2.77. The average molecular weight is 507 g/mol. The Morgan fingerprint density at radius 3 is 2.49 bits per heavy atom. The highest BCUT2D eigenvalue weighted by atomic mass is 16.3. The number of aliphatic hydroxyl groups is 1. The monoisotopic (exact) mass is 506 g/mol. The van der Waals surface area contributed by atoms with Crippen LogP contribution in [0.3, 0.4) is 0 Å². The van der Waals surface area contributed by atoms with Crippen molar-refractivity contribution in [3.05, 3.63) is 67.9 Å². The summed E-state index contributed by atoms with van der Waals surface area (Å²) in [6.45, 7) is 16.4. The van der Waals surface area contributed by atoms with E-state index in [0.29, 0.717) is 24.4 Å². The molecule has 1 saturated heterocycles. The highest BCUT2D eigenvalue weighted by molar-refractivity contribution is 6.04. The van der Waals surface area contributed by atoms with Crippen molar-refractivity contribution in [2.75, 3.05) is 19.6 Å². The van der Waals surface area contributed by atoms with Crippen molar-refractivity contribution < 1.29 is 9.90 Å². The van der Waals surface area contributed by atoms with E-state index in [1.165, 1.54) is 0 Å². The number of aromatic amines is 1. The number of β-amino-alcohol motifs (C(OH)–C–C–N with tert-alkyl or cyclic N) is 1. The fourth-order valence-corrected chi connectivity index (χ4v) is 6.19. The summed E-state index contributed by atoms with van der Waals surface area (Å²) in [5.41, 5.74) is 6.26. The summed E-state index contributed by atoms with van der Waals surface area (Å²) in [7, 11) is 0. The number of carbonyl (C=O) groups excluding carboxylic acids is 1. The molecule has 4 heterocycles. The van der Waals surface area contributed by atoms with E-state index in [0.717, 1.165) is 65.2 Å². The second-order valence-corrected chi connectivity index (χ2v) is 11.7. The van der Waals surface area contributed by atoms with Gasteiger partial charge in [0.1, 0.15) is 0 Å². The molecule has 3 aromatic heterocycles. The number of aryl methyl sites for hydroxylation is 3. The van der Waals surface area contributed by atoms with Crippen LogP contribution in [0, 0.1) is 33.6 Å². The number of aromatic nitrogens is 3. The van der Waals surface area contributed by atoms with E-state index in [1.807, 2.05) is 57.3 Å². The lowest BCUT2D eigenvalue weighted by Crippen LogP contribution is -2.43. The number of carbonyl (C=O) groups is 1. The Balaban J connectivity index is 1.61. The third-order valence-electron chi connectivity index (χ3n) is 7.97. The molecule has 0 aliphatic carbocycles. The predicted molar refractivity (Wildman–Crippen MR) is 148 cm³/mol. The minimum atomic E-state index is -0.689. The standard InChI is InChI=1S/C30H42N4O3/c1-18-16-20(3)31-29(36)24(18)9-11-26(35)27-22(5)28(34-25(27)10-8-19(2)32-34)21(4)23-12-14-33(15-13-23)17-30(6,7)37/h8,10,16,21,23,37H,9,11-15,17H2,1-7H3,(H,31,36). The first-order valence-corrected chi connectivity index (χ1v) is 13.5. The molecule has 0 radical (unpaired) electrons. The van der Waals surface area contributed by atoms with Gasteiger partial charge in [-0.05, 0) is 109 Å². The molecule has 1 unspecified atom stereocenters. The molecule has 7 nitrogen and oxygen atoms in total. The molecule has 1 atom stereocenters. The summed E-state index contributed by atoms with van der Waals surface area (Å²) in [6.07, 6.45) is 2.80. The van der Waals surface area contributed by atoms with Gasteiger partial charge in [-0.3, -0.25) is 9.59 Å². The topological polar surface area (TPSA) is 90.7 Å². The Morgan fingerprint density at radius 2 is 1.86 bits per heavy atom. The Morgan fingerprint density at radius 1 is 1.19 bits per heavy atom. The van der Waals surface area contributed by atoms with Crippen LogP contribution in [0.4, 0.5) is 0 Å². The summed E-state index contributed by atoms with van der Waals surface area (Å²) in [5, 5.41) is 15.1. The van der Waals surface area contributed by atoms with Crippen molar-refractivity contribution >= 4 is 11.3 Å². The van der Waals surface area contributed by atoms with Crippen LogP contribution >= 0.6 is 0 Å². The zero-order valence-electron chi connectivity index (χ0n) is 23.4. The van der Waals surface area contributed by atoms with E-state index in [2.05, 4.69) is 23.7 Å². The zero-order chi connectivity index (χ0) is 27.1. The van der Waals surface area contributed by atoms with Crippen LogP contribution in [0.2, 0.25) is 0 Å². The fourth-order valence-electron chi connectivity index (χ4n) is 6.19. The largest absolute Gasteiger partial charge is 0.389 e. The number of likely N-dealkylation sites (tertiary alicyclic amines) is 1. The molecule has 200 valence electrons. The molecule has 1 fully saturated rings. The molecule has 1 aliphatic heterocycles. The Kier molecular flexibility index (Phi) is 7.77. The summed E-state index contributed by atoms with van der Waals surface area (Å²) >= 11 is 0. The van der Waals surface area contributed by atoms with Gasteiger partial charge in [-0.25, -0.2) is 4.52 Å². The number of nitrogens with zero attached hydrogens (tertiary/aromatic N) is 3. The van der Waals surface area contributed by atoms with Crippen LogP contribution < -0.4 is 5.56 Å². The highest BCUT2D eigenvalue weighted by Crippen LogP contribution is 2.37. The lowest BCUT2D eigenvalue weighted by atomic mass is 9.82. The molecule has 7 heteroatoms. The molecule has 0 aromatic carbocycles. The molecule has 1 aliphatic rings. The summed E-state index contributed by atoms with van der Waals surface area (Å²) < 4.78 is 2.00. The van der Waals surface area contributed by atoms with Crippen LogP contribution in [-0.2, 0) is 6.42 Å². The summed E-state index contributed by atoms with van der Waals surface area (Å²) in [6, 6.07) is 5.93. The van der Waals surface area contributed by atoms with Gasteiger partial charge >= 0.3 is 0 Å². The van der Waals surface area contributed by atoms with Gasteiger partial charge in [0.2, 0.25) is 0 Å². The van der Waals surface area contributed by atoms with Crippen molar-refractivity contribution in [2.45, 2.75) is 85.7 Å². The van der Waals surface area contributed by atoms with Crippen LogP contribution in [0.15, 0.2) is 23.0 Å². The van der Waals surface area contributed by atoms with E-state index in [-0.39, 0.29) is 23.7 Å². The molecule has 3 aromatic rings. The highest BCUT2D eigenvalue weighted by Gasteiger charge is 2.32. The molecule has 4 rings (SSSR count). The van der Waals surface area contributed by atoms with Crippen LogP contribution in [-0.4, -0.2) is 55.6 Å². The number of Topliss-reactive ketones (excluding diaryl/α,β-unsaturated/α-hetero) is 1. The van der Waals surface area contributed by atoms with Gasteiger partial charge < -0.3 is 15.0 Å². The third kappa shape index (κ3) is 5.88. The van der Waals surface area contributed by atoms with Crippen molar-refractivity contribution in [1.29, 1.82) is 0 Å². The van der Waals surface area contributed by atoms with Crippen molar-refractivity contribution in [3.63, 3.8) is 0 Å². The van der Waals surface area contributed by atoms with Gasteiger partial charge in [0.15, 0.2) is 5.78 Å². The molecule has 0 saturated carbocycles. The third-order valence-corrected chi connectivity index (χ3v) is 7.97. The molecule has 0 spiro atoms. The maximum absolute atomic E-state index is 13.6. The molecular weight excluding hydrogens is 464 g/mol. The number of fused-ring (bicyclic) bond motifs is 1. The first kappa shape index (κ1) is 27.3. The van der Waals surface area contributed by atoms with Gasteiger partial charge in [-0.15, -0.1) is 0 Å². The van der Waals surface area contributed by atoms with Crippen molar-refractivity contribution in [3.8, 4) is 0 Å².